The first-order valence-corrected chi connectivity index (χ1v) is 8.68. The van der Waals surface area contributed by atoms with Gasteiger partial charge in [-0.2, -0.15) is 0 Å². The Balaban J connectivity index is 1.61. The summed E-state index contributed by atoms with van der Waals surface area (Å²) >= 11 is 0. The van der Waals surface area contributed by atoms with E-state index in [-0.39, 0.29) is 11.9 Å². The van der Waals surface area contributed by atoms with Crippen molar-refractivity contribution in [2.75, 3.05) is 26.7 Å². The van der Waals surface area contributed by atoms with Crippen LogP contribution in [0.5, 0.6) is 0 Å². The fraction of sp³-hybridized carbons (Fsp3) is 0.750. The third kappa shape index (κ3) is 5.92. The zero-order valence-electron chi connectivity index (χ0n) is 14.3. The van der Waals surface area contributed by atoms with Crippen LogP contribution in [0.3, 0.4) is 0 Å². The van der Waals surface area contributed by atoms with Crippen LogP contribution < -0.4 is 10.6 Å². The minimum absolute atomic E-state index is 0.167. The Bertz CT molecular complexity index is 526. The number of nitrogens with one attached hydrogen (secondary N) is 2. The van der Waals surface area contributed by atoms with Crippen LogP contribution in [0.2, 0.25) is 0 Å². The Morgan fingerprint density at radius 1 is 1.29 bits per heavy atom. The van der Waals surface area contributed by atoms with E-state index in [1.54, 1.807) is 6.20 Å². The summed E-state index contributed by atoms with van der Waals surface area (Å²) in [5, 5.41) is 14.2. The molecule has 0 unspecified atom stereocenters. The lowest BCUT2D eigenvalue weighted by molar-refractivity contribution is -0.140. The van der Waals surface area contributed by atoms with Crippen molar-refractivity contribution in [3.8, 4) is 0 Å². The second-order valence-corrected chi connectivity index (χ2v) is 6.06. The van der Waals surface area contributed by atoms with Crippen LogP contribution in [0.25, 0.3) is 0 Å². The number of methoxy groups -OCH3 is 1. The Morgan fingerprint density at radius 3 is 2.79 bits per heavy atom. The predicted molar refractivity (Wildman–Crippen MR) is 88.6 cm³/mol. The van der Waals surface area contributed by atoms with Crippen molar-refractivity contribution in [3.63, 3.8) is 0 Å². The summed E-state index contributed by atoms with van der Waals surface area (Å²) in [6, 6.07) is 0.329. The maximum atomic E-state index is 12.1. The van der Waals surface area contributed by atoms with Gasteiger partial charge in [0.25, 0.3) is 5.91 Å². The lowest BCUT2D eigenvalue weighted by Crippen LogP contribution is -2.29. The van der Waals surface area contributed by atoms with E-state index in [1.807, 2.05) is 4.68 Å². The molecule has 0 saturated carbocycles. The molecule has 1 aromatic rings. The number of aromatic nitrogens is 3. The average Bonchev–Trinajstić information content (AvgIpc) is 3.11. The number of unbranched alkanes of at least 4 members (excludes halogenated alkanes) is 3. The Hall–Kier alpha value is -1.96. The maximum Gasteiger partial charge on any atom is 0.305 e. The molecule has 1 fully saturated rings. The molecule has 0 spiro atoms. The van der Waals surface area contributed by atoms with E-state index < -0.39 is 0 Å². The topological polar surface area (TPSA) is 98.1 Å². The van der Waals surface area contributed by atoms with Crippen LogP contribution in [0.1, 0.15) is 61.5 Å². The highest BCUT2D eigenvalue weighted by molar-refractivity contribution is 5.91. The standard InChI is InChI=1S/C16H27N5O3/c1-24-15(22)6-4-2-3-5-9-18-16(23)14-12-21(20-19-14)13-7-10-17-11-8-13/h12-13,17H,2-11H2,1H3,(H,18,23). The van der Waals surface area contributed by atoms with Gasteiger partial charge >= 0.3 is 5.97 Å². The first-order chi connectivity index (χ1) is 11.7. The largest absolute Gasteiger partial charge is 0.469 e. The number of hydrogen-bond acceptors (Lipinski definition) is 6. The van der Waals surface area contributed by atoms with Gasteiger partial charge in [0, 0.05) is 13.0 Å². The number of amides is 1. The van der Waals surface area contributed by atoms with E-state index in [1.165, 1.54) is 7.11 Å². The first kappa shape index (κ1) is 18.4. The molecule has 134 valence electrons. The van der Waals surface area contributed by atoms with Crippen molar-refractivity contribution in [2.45, 2.75) is 51.0 Å². The van der Waals surface area contributed by atoms with Crippen LogP contribution in [-0.4, -0.2) is 53.6 Å². The molecule has 0 aromatic carbocycles. The highest BCUT2D eigenvalue weighted by Crippen LogP contribution is 2.16. The van der Waals surface area contributed by atoms with Crippen molar-refractivity contribution >= 4 is 11.9 Å². The molecule has 1 saturated heterocycles. The van der Waals surface area contributed by atoms with Crippen molar-refractivity contribution in [3.05, 3.63) is 11.9 Å². The summed E-state index contributed by atoms with van der Waals surface area (Å²) in [5.74, 6) is -0.343. The molecule has 1 aliphatic heterocycles. The lowest BCUT2D eigenvalue weighted by Gasteiger charge is -2.22. The van der Waals surface area contributed by atoms with E-state index in [2.05, 4.69) is 25.7 Å². The third-order valence-electron chi connectivity index (χ3n) is 4.25. The molecule has 1 amide bonds. The molecule has 24 heavy (non-hydrogen) atoms. The molecule has 0 radical (unpaired) electrons. The van der Waals surface area contributed by atoms with E-state index >= 15 is 0 Å². The smallest absolute Gasteiger partial charge is 0.305 e. The molecule has 0 aliphatic carbocycles. The van der Waals surface area contributed by atoms with Crippen LogP contribution in [0.15, 0.2) is 6.20 Å². The molecule has 1 aromatic heterocycles. The van der Waals surface area contributed by atoms with Gasteiger partial charge in [-0.25, -0.2) is 4.68 Å². The molecule has 0 bridgehead atoms. The zero-order chi connectivity index (χ0) is 17.2. The Kier molecular flexibility index (Phi) is 7.67. The second-order valence-electron chi connectivity index (χ2n) is 6.06. The highest BCUT2D eigenvalue weighted by Gasteiger charge is 2.18. The summed E-state index contributed by atoms with van der Waals surface area (Å²) in [6.07, 6.45) is 7.85. The minimum Gasteiger partial charge on any atom is -0.469 e. The predicted octanol–water partition coefficient (Wildman–Crippen LogP) is 1.06. The van der Waals surface area contributed by atoms with Crippen molar-refractivity contribution in [1.29, 1.82) is 0 Å². The summed E-state index contributed by atoms with van der Waals surface area (Å²) in [5.41, 5.74) is 0.374. The number of esters is 1. The third-order valence-corrected chi connectivity index (χ3v) is 4.25. The van der Waals surface area contributed by atoms with Gasteiger partial charge in [-0.3, -0.25) is 9.59 Å². The van der Waals surface area contributed by atoms with Crippen molar-refractivity contribution in [2.24, 2.45) is 0 Å². The average molecular weight is 337 g/mol. The molecule has 8 nitrogen and oxygen atoms in total. The number of carbonyl (C=O) groups excluding carboxylic acids is 2. The van der Waals surface area contributed by atoms with Gasteiger partial charge in [-0.15, -0.1) is 5.10 Å². The van der Waals surface area contributed by atoms with Gasteiger partial charge in [0.1, 0.15) is 0 Å². The lowest BCUT2D eigenvalue weighted by atomic mass is 10.1. The Labute approximate surface area is 142 Å². The van der Waals surface area contributed by atoms with E-state index in [4.69, 9.17) is 0 Å². The molecule has 2 N–H and O–H groups in total. The number of carbonyl (C=O) groups is 2. The fourth-order valence-corrected chi connectivity index (χ4v) is 2.77. The quantitative estimate of drug-likeness (QED) is 0.516. The normalized spacial score (nSPS) is 15.2. The van der Waals surface area contributed by atoms with E-state index in [9.17, 15) is 9.59 Å². The second kappa shape index (κ2) is 10.0. The van der Waals surface area contributed by atoms with Gasteiger partial charge < -0.3 is 15.4 Å². The number of hydrogen-bond donors (Lipinski definition) is 2. The van der Waals surface area contributed by atoms with Gasteiger partial charge in [0.15, 0.2) is 5.69 Å². The molecular weight excluding hydrogens is 310 g/mol. The molecule has 8 heteroatoms. The molecular formula is C16H27N5O3. The SMILES string of the molecule is COC(=O)CCCCCCNC(=O)c1cn(C2CCNCC2)nn1. The zero-order valence-corrected chi connectivity index (χ0v) is 14.3. The summed E-state index contributed by atoms with van der Waals surface area (Å²) in [7, 11) is 1.40. The van der Waals surface area contributed by atoms with Gasteiger partial charge in [0.05, 0.1) is 19.3 Å². The summed E-state index contributed by atoms with van der Waals surface area (Å²) in [4.78, 5) is 23.0. The molecule has 0 atom stereocenters. The summed E-state index contributed by atoms with van der Waals surface area (Å²) in [6.45, 7) is 2.56. The van der Waals surface area contributed by atoms with E-state index in [0.717, 1.165) is 51.6 Å². The van der Waals surface area contributed by atoms with Crippen LogP contribution in [0.4, 0.5) is 0 Å². The number of rotatable bonds is 9. The van der Waals surface area contributed by atoms with Crippen molar-refractivity contribution in [1.82, 2.24) is 25.6 Å². The molecule has 1 aliphatic rings. The highest BCUT2D eigenvalue weighted by atomic mass is 16.5. The van der Waals surface area contributed by atoms with Crippen LogP contribution >= 0.6 is 0 Å². The van der Waals surface area contributed by atoms with Gasteiger partial charge in [0.2, 0.25) is 0 Å². The number of ether oxygens (including phenoxy) is 1. The number of nitrogens with zero attached hydrogens (tertiary/aromatic N) is 3. The molecule has 2 heterocycles. The van der Waals surface area contributed by atoms with Crippen molar-refractivity contribution < 1.29 is 14.3 Å². The number of piperidine rings is 1. The first-order valence-electron chi connectivity index (χ1n) is 8.68. The summed E-state index contributed by atoms with van der Waals surface area (Å²) < 4.78 is 6.40. The van der Waals surface area contributed by atoms with Gasteiger partial charge in [-0.1, -0.05) is 18.1 Å². The maximum absolute atomic E-state index is 12.1. The van der Waals surface area contributed by atoms with Crippen LogP contribution in [-0.2, 0) is 9.53 Å². The molecule has 2 rings (SSSR count). The van der Waals surface area contributed by atoms with Gasteiger partial charge in [-0.05, 0) is 38.8 Å². The fourth-order valence-electron chi connectivity index (χ4n) is 2.77. The Morgan fingerprint density at radius 2 is 2.04 bits per heavy atom. The minimum atomic E-state index is -0.176. The monoisotopic (exact) mass is 337 g/mol. The van der Waals surface area contributed by atoms with E-state index in [0.29, 0.717) is 24.7 Å². The van der Waals surface area contributed by atoms with Crippen LogP contribution in [0, 0.1) is 0 Å².